The Labute approximate surface area is 189 Å². The van der Waals surface area contributed by atoms with Crippen LogP contribution in [0.2, 0.25) is 0 Å². The summed E-state index contributed by atoms with van der Waals surface area (Å²) >= 11 is 1.45. The van der Waals surface area contributed by atoms with Crippen LogP contribution in [0, 0.1) is 12.7 Å². The van der Waals surface area contributed by atoms with E-state index in [1.54, 1.807) is 24.3 Å². The summed E-state index contributed by atoms with van der Waals surface area (Å²) in [5, 5.41) is 7.36. The van der Waals surface area contributed by atoms with Crippen LogP contribution in [0.25, 0.3) is 0 Å². The van der Waals surface area contributed by atoms with Crippen molar-refractivity contribution >= 4 is 29.1 Å². The summed E-state index contributed by atoms with van der Waals surface area (Å²) < 4.78 is 18.3. The number of ether oxygens (including phenoxy) is 1. The maximum Gasteiger partial charge on any atom is 0.308 e. The fourth-order valence-corrected chi connectivity index (χ4v) is 3.85. The molecule has 166 valence electrons. The van der Waals surface area contributed by atoms with E-state index in [9.17, 15) is 18.8 Å². The molecule has 2 amide bonds. The van der Waals surface area contributed by atoms with Crippen molar-refractivity contribution < 1.29 is 23.5 Å². The van der Waals surface area contributed by atoms with Gasteiger partial charge in [0.2, 0.25) is 0 Å². The number of halogens is 1. The summed E-state index contributed by atoms with van der Waals surface area (Å²) in [6.45, 7) is 1.48. The molecule has 0 spiro atoms. The molecule has 0 fully saturated rings. The van der Waals surface area contributed by atoms with Gasteiger partial charge in [0.15, 0.2) is 6.61 Å². The largest absolute Gasteiger partial charge is 0.456 e. The third-order valence-electron chi connectivity index (χ3n) is 4.70. The predicted molar refractivity (Wildman–Crippen MR) is 120 cm³/mol. The van der Waals surface area contributed by atoms with E-state index >= 15 is 0 Å². The van der Waals surface area contributed by atoms with E-state index in [1.807, 2.05) is 36.6 Å². The van der Waals surface area contributed by atoms with E-state index in [4.69, 9.17) is 4.74 Å². The summed E-state index contributed by atoms with van der Waals surface area (Å²) in [5.74, 6) is -1.72. The summed E-state index contributed by atoms with van der Waals surface area (Å²) in [4.78, 5) is 37.4. The lowest BCUT2D eigenvalue weighted by Crippen LogP contribution is -2.33. The number of hydrogen-bond donors (Lipinski definition) is 2. The quantitative estimate of drug-likeness (QED) is 0.482. The number of benzene rings is 2. The van der Waals surface area contributed by atoms with Gasteiger partial charge in [-0.05, 0) is 47.7 Å². The van der Waals surface area contributed by atoms with Gasteiger partial charge in [0, 0.05) is 17.0 Å². The minimum absolute atomic E-state index is 0.0583. The van der Waals surface area contributed by atoms with E-state index in [1.165, 1.54) is 23.5 Å². The van der Waals surface area contributed by atoms with Gasteiger partial charge in [0.05, 0.1) is 12.5 Å². The van der Waals surface area contributed by atoms with Gasteiger partial charge >= 0.3 is 5.97 Å². The van der Waals surface area contributed by atoms with Crippen molar-refractivity contribution in [1.82, 2.24) is 10.6 Å². The third-order valence-corrected chi connectivity index (χ3v) is 5.64. The average Bonchev–Trinajstić information content (AvgIpc) is 3.31. The first kappa shape index (κ1) is 23.1. The number of nitrogens with one attached hydrogen (secondary N) is 2. The summed E-state index contributed by atoms with van der Waals surface area (Å²) in [5.41, 5.74) is 2.10. The molecule has 0 bridgehead atoms. The smallest absolute Gasteiger partial charge is 0.308 e. The zero-order chi connectivity index (χ0) is 22.9. The van der Waals surface area contributed by atoms with Gasteiger partial charge < -0.3 is 15.4 Å². The molecular weight excluding hydrogens is 431 g/mol. The number of amides is 2. The van der Waals surface area contributed by atoms with Crippen LogP contribution in [0.3, 0.4) is 0 Å². The average molecular weight is 455 g/mol. The van der Waals surface area contributed by atoms with Gasteiger partial charge in [0.25, 0.3) is 11.8 Å². The predicted octanol–water partition coefficient (Wildman–Crippen LogP) is 3.76. The molecule has 1 aromatic heterocycles. The number of carbonyl (C=O) groups is 3. The molecule has 0 radical (unpaired) electrons. The second-order valence-corrected chi connectivity index (χ2v) is 8.03. The normalized spacial score (nSPS) is 11.4. The minimum atomic E-state index is -0.598. The standard InChI is InChI=1S/C24H23FN2O4S/c1-16-5-2-3-6-19(16)24(30)26-13-12-22(29)31-15-21(28)27-23(20-7-4-14-32-20)17-8-10-18(25)11-9-17/h2-11,14,23H,12-13,15H2,1H3,(H,26,30)(H,27,28). The number of aryl methyl sites for hydroxylation is 1. The lowest BCUT2D eigenvalue weighted by Gasteiger charge is -2.18. The Morgan fingerprint density at radius 3 is 2.47 bits per heavy atom. The van der Waals surface area contributed by atoms with Crippen LogP contribution in [0.1, 0.15) is 38.8 Å². The van der Waals surface area contributed by atoms with Crippen molar-refractivity contribution in [2.24, 2.45) is 0 Å². The van der Waals surface area contributed by atoms with E-state index in [-0.39, 0.29) is 24.7 Å². The molecule has 2 aromatic carbocycles. The SMILES string of the molecule is Cc1ccccc1C(=O)NCCC(=O)OCC(=O)NC(c1ccc(F)cc1)c1cccs1. The monoisotopic (exact) mass is 454 g/mol. The van der Waals surface area contributed by atoms with Crippen LogP contribution < -0.4 is 10.6 Å². The van der Waals surface area contributed by atoms with Crippen LogP contribution in [-0.4, -0.2) is 30.9 Å². The number of hydrogen-bond acceptors (Lipinski definition) is 5. The minimum Gasteiger partial charge on any atom is -0.456 e. The number of rotatable bonds is 9. The van der Waals surface area contributed by atoms with Gasteiger partial charge in [0.1, 0.15) is 5.82 Å². The lowest BCUT2D eigenvalue weighted by atomic mass is 10.1. The molecule has 3 aromatic rings. The topological polar surface area (TPSA) is 84.5 Å². The highest BCUT2D eigenvalue weighted by atomic mass is 32.1. The van der Waals surface area contributed by atoms with Gasteiger partial charge in [-0.3, -0.25) is 14.4 Å². The summed E-state index contributed by atoms with van der Waals surface area (Å²) in [6.07, 6.45) is -0.0583. The number of carbonyl (C=O) groups excluding carboxylic acids is 3. The molecule has 6 nitrogen and oxygen atoms in total. The highest BCUT2D eigenvalue weighted by Crippen LogP contribution is 2.26. The highest BCUT2D eigenvalue weighted by Gasteiger charge is 2.19. The van der Waals surface area contributed by atoms with Crippen molar-refractivity contribution in [3.8, 4) is 0 Å². The molecule has 1 heterocycles. The van der Waals surface area contributed by atoms with Crippen molar-refractivity contribution in [2.75, 3.05) is 13.2 Å². The molecule has 8 heteroatoms. The third kappa shape index (κ3) is 6.49. The Morgan fingerprint density at radius 2 is 1.78 bits per heavy atom. The van der Waals surface area contributed by atoms with Crippen molar-refractivity contribution in [3.63, 3.8) is 0 Å². The molecule has 32 heavy (non-hydrogen) atoms. The van der Waals surface area contributed by atoms with E-state index in [0.29, 0.717) is 11.1 Å². The van der Waals surface area contributed by atoms with Gasteiger partial charge in [-0.1, -0.05) is 36.4 Å². The Balaban J connectivity index is 1.46. The van der Waals surface area contributed by atoms with Crippen molar-refractivity contribution in [1.29, 1.82) is 0 Å². The van der Waals surface area contributed by atoms with E-state index < -0.39 is 24.5 Å². The molecule has 0 aliphatic rings. The first-order valence-electron chi connectivity index (χ1n) is 10.0. The summed E-state index contributed by atoms with van der Waals surface area (Å²) in [6, 6.07) is 16.2. The number of esters is 1. The van der Waals surface area contributed by atoms with Crippen LogP contribution in [0.5, 0.6) is 0 Å². The molecule has 1 atom stereocenters. The Bertz CT molecular complexity index is 1070. The zero-order valence-corrected chi connectivity index (χ0v) is 18.3. The van der Waals surface area contributed by atoms with Crippen molar-refractivity contribution in [3.05, 3.63) is 93.4 Å². The second kappa shape index (κ2) is 11.2. The molecule has 0 aliphatic carbocycles. The molecule has 0 saturated heterocycles. The summed E-state index contributed by atoms with van der Waals surface area (Å²) in [7, 11) is 0. The fourth-order valence-electron chi connectivity index (χ4n) is 3.05. The van der Waals surface area contributed by atoms with Crippen LogP contribution in [0.15, 0.2) is 66.0 Å². The Hall–Kier alpha value is -3.52. The Kier molecular flexibility index (Phi) is 8.10. The first-order chi connectivity index (χ1) is 15.4. The molecular formula is C24H23FN2O4S. The van der Waals surface area contributed by atoms with Crippen molar-refractivity contribution in [2.45, 2.75) is 19.4 Å². The van der Waals surface area contributed by atoms with Gasteiger partial charge in [-0.2, -0.15) is 0 Å². The first-order valence-corrected chi connectivity index (χ1v) is 10.9. The van der Waals surface area contributed by atoms with Crippen LogP contribution in [0.4, 0.5) is 4.39 Å². The van der Waals surface area contributed by atoms with E-state index in [0.717, 1.165) is 10.4 Å². The molecule has 2 N–H and O–H groups in total. The van der Waals surface area contributed by atoms with Crippen LogP contribution >= 0.6 is 11.3 Å². The number of thiophene rings is 1. The zero-order valence-electron chi connectivity index (χ0n) is 17.5. The molecule has 1 unspecified atom stereocenters. The second-order valence-electron chi connectivity index (χ2n) is 7.05. The molecule has 3 rings (SSSR count). The Morgan fingerprint density at radius 1 is 1.03 bits per heavy atom. The van der Waals surface area contributed by atoms with Gasteiger partial charge in [-0.15, -0.1) is 11.3 Å². The fraction of sp³-hybridized carbons (Fsp3) is 0.208. The van der Waals surface area contributed by atoms with Gasteiger partial charge in [-0.25, -0.2) is 4.39 Å². The van der Waals surface area contributed by atoms with Crippen LogP contribution in [-0.2, 0) is 14.3 Å². The molecule has 0 saturated carbocycles. The maximum atomic E-state index is 13.3. The van der Waals surface area contributed by atoms with E-state index in [2.05, 4.69) is 10.6 Å². The molecule has 0 aliphatic heterocycles. The maximum absolute atomic E-state index is 13.3. The lowest BCUT2D eigenvalue weighted by molar-refractivity contribution is -0.148. The highest BCUT2D eigenvalue weighted by molar-refractivity contribution is 7.10.